The van der Waals surface area contributed by atoms with Crippen LogP contribution < -0.4 is 16.0 Å². The third-order valence-electron chi connectivity index (χ3n) is 4.36. The lowest BCUT2D eigenvalue weighted by molar-refractivity contribution is 0.133. The van der Waals surface area contributed by atoms with Crippen LogP contribution >= 0.6 is 0 Å². The summed E-state index contributed by atoms with van der Waals surface area (Å²) in [6.07, 6.45) is 3.93. The summed E-state index contributed by atoms with van der Waals surface area (Å²) in [5.74, 6) is 0.445. The number of pyridine rings is 1. The van der Waals surface area contributed by atoms with Crippen molar-refractivity contribution in [3.05, 3.63) is 54.4 Å². The van der Waals surface area contributed by atoms with Crippen LogP contribution in [0.5, 0.6) is 0 Å². The molecule has 2 atom stereocenters. The van der Waals surface area contributed by atoms with E-state index < -0.39 is 0 Å². The Morgan fingerprint density at radius 2 is 2.12 bits per heavy atom. The summed E-state index contributed by atoms with van der Waals surface area (Å²) in [7, 11) is 0. The zero-order valence-electron chi connectivity index (χ0n) is 14.4. The molecule has 0 radical (unpaired) electrons. The van der Waals surface area contributed by atoms with Gasteiger partial charge in [-0.3, -0.25) is 4.98 Å². The predicted molar refractivity (Wildman–Crippen MR) is 98.2 cm³/mol. The van der Waals surface area contributed by atoms with Gasteiger partial charge in [-0.1, -0.05) is 37.3 Å². The second-order valence-corrected chi connectivity index (χ2v) is 6.58. The minimum atomic E-state index is -0.384. The quantitative estimate of drug-likeness (QED) is 0.894. The van der Waals surface area contributed by atoms with Crippen molar-refractivity contribution >= 4 is 17.5 Å². The van der Waals surface area contributed by atoms with Gasteiger partial charge in [-0.05, 0) is 24.0 Å². The Labute approximate surface area is 148 Å². The molecule has 2 heterocycles. The van der Waals surface area contributed by atoms with Crippen LogP contribution in [-0.2, 0) is 11.3 Å². The smallest absolute Gasteiger partial charge is 0.407 e. The molecular formula is C19H24N4O2. The number of carbonyl (C=O) groups excluding carboxylic acids is 1. The van der Waals surface area contributed by atoms with Crippen molar-refractivity contribution in [3.8, 4) is 0 Å². The van der Waals surface area contributed by atoms with Crippen molar-refractivity contribution in [2.24, 2.45) is 5.92 Å². The van der Waals surface area contributed by atoms with Crippen molar-refractivity contribution in [2.45, 2.75) is 26.0 Å². The van der Waals surface area contributed by atoms with Gasteiger partial charge in [-0.2, -0.15) is 0 Å². The van der Waals surface area contributed by atoms with Crippen molar-refractivity contribution in [2.75, 3.05) is 23.7 Å². The number of ether oxygens (including phenoxy) is 1. The van der Waals surface area contributed by atoms with Crippen molar-refractivity contribution in [1.82, 2.24) is 10.3 Å². The van der Waals surface area contributed by atoms with Gasteiger partial charge in [-0.15, -0.1) is 0 Å². The minimum absolute atomic E-state index is 0.0274. The van der Waals surface area contributed by atoms with E-state index in [0.29, 0.717) is 18.2 Å². The molecule has 6 heteroatoms. The Balaban J connectivity index is 1.56. The molecule has 1 aromatic heterocycles. The summed E-state index contributed by atoms with van der Waals surface area (Å²) in [6.45, 7) is 4.06. The largest absolute Gasteiger partial charge is 0.445 e. The summed E-state index contributed by atoms with van der Waals surface area (Å²) in [4.78, 5) is 18.4. The molecule has 1 aliphatic heterocycles. The highest BCUT2D eigenvalue weighted by atomic mass is 16.5. The number of benzene rings is 1. The van der Waals surface area contributed by atoms with Crippen LogP contribution in [0.4, 0.5) is 16.2 Å². The molecule has 3 N–H and O–H groups in total. The van der Waals surface area contributed by atoms with Gasteiger partial charge in [0, 0.05) is 25.3 Å². The average molecular weight is 340 g/mol. The third-order valence-corrected chi connectivity index (χ3v) is 4.36. The number of anilines is 2. The van der Waals surface area contributed by atoms with Crippen LogP contribution in [0.3, 0.4) is 0 Å². The van der Waals surface area contributed by atoms with Gasteiger partial charge in [0.2, 0.25) is 0 Å². The maximum atomic E-state index is 12.1. The number of hydrogen-bond donors (Lipinski definition) is 2. The molecule has 0 unspecified atom stereocenters. The SMILES string of the molecule is C[C@@H]1C[C@H](NC(=O)OCc2ccccc2)CN(c2ccncc2N)C1. The fourth-order valence-corrected chi connectivity index (χ4v) is 3.27. The van der Waals surface area contributed by atoms with Crippen LogP contribution in [0.15, 0.2) is 48.8 Å². The molecule has 0 saturated carbocycles. The summed E-state index contributed by atoms with van der Waals surface area (Å²) < 4.78 is 5.33. The molecule has 132 valence electrons. The summed E-state index contributed by atoms with van der Waals surface area (Å²) in [5, 5.41) is 2.98. The van der Waals surface area contributed by atoms with Crippen LogP contribution in [0.25, 0.3) is 0 Å². The van der Waals surface area contributed by atoms with E-state index >= 15 is 0 Å². The maximum Gasteiger partial charge on any atom is 0.407 e. The number of aromatic nitrogens is 1. The molecule has 2 aromatic rings. The number of amides is 1. The van der Waals surface area contributed by atoms with E-state index in [0.717, 1.165) is 24.2 Å². The first-order valence-corrected chi connectivity index (χ1v) is 8.53. The molecular weight excluding hydrogens is 316 g/mol. The zero-order valence-corrected chi connectivity index (χ0v) is 14.4. The van der Waals surface area contributed by atoms with E-state index in [1.54, 1.807) is 12.4 Å². The summed E-state index contributed by atoms with van der Waals surface area (Å²) >= 11 is 0. The highest BCUT2D eigenvalue weighted by Gasteiger charge is 2.27. The molecule has 1 saturated heterocycles. The number of nitrogen functional groups attached to an aromatic ring is 1. The highest BCUT2D eigenvalue weighted by molar-refractivity contribution is 5.69. The van der Waals surface area contributed by atoms with Crippen LogP contribution in [-0.4, -0.2) is 30.2 Å². The molecule has 6 nitrogen and oxygen atoms in total. The molecule has 0 bridgehead atoms. The number of nitrogens with zero attached hydrogens (tertiary/aromatic N) is 2. The molecule has 0 spiro atoms. The molecule has 25 heavy (non-hydrogen) atoms. The fourth-order valence-electron chi connectivity index (χ4n) is 3.27. The van der Waals surface area contributed by atoms with Crippen molar-refractivity contribution in [1.29, 1.82) is 0 Å². The van der Waals surface area contributed by atoms with E-state index in [-0.39, 0.29) is 18.7 Å². The Morgan fingerprint density at radius 3 is 2.88 bits per heavy atom. The highest BCUT2D eigenvalue weighted by Crippen LogP contribution is 2.27. The van der Waals surface area contributed by atoms with Gasteiger partial charge in [0.1, 0.15) is 6.61 Å². The van der Waals surface area contributed by atoms with Crippen LogP contribution in [0.2, 0.25) is 0 Å². The standard InChI is InChI=1S/C19H24N4O2/c1-14-9-16(12-23(11-14)18-7-8-21-10-17(18)20)22-19(24)25-13-15-5-3-2-4-6-15/h2-8,10,14,16H,9,11-13,20H2,1H3,(H,22,24)/t14-,16+/m1/s1. The first-order valence-electron chi connectivity index (χ1n) is 8.53. The summed E-state index contributed by atoms with van der Waals surface area (Å²) in [6, 6.07) is 11.6. The zero-order chi connectivity index (χ0) is 17.6. The number of piperidine rings is 1. The summed E-state index contributed by atoms with van der Waals surface area (Å²) in [5.41, 5.74) is 8.63. The van der Waals surface area contributed by atoms with Crippen LogP contribution in [0.1, 0.15) is 18.9 Å². The minimum Gasteiger partial charge on any atom is -0.445 e. The van der Waals surface area contributed by atoms with E-state index in [4.69, 9.17) is 10.5 Å². The molecule has 1 amide bonds. The number of nitrogens with two attached hydrogens (primary N) is 1. The number of nitrogens with one attached hydrogen (secondary N) is 1. The lowest BCUT2D eigenvalue weighted by atomic mass is 9.95. The third kappa shape index (κ3) is 4.62. The van der Waals surface area contributed by atoms with Gasteiger partial charge >= 0.3 is 6.09 Å². The molecule has 1 fully saturated rings. The number of rotatable bonds is 4. The topological polar surface area (TPSA) is 80.5 Å². The second-order valence-electron chi connectivity index (χ2n) is 6.58. The van der Waals surface area contributed by atoms with E-state index in [1.807, 2.05) is 36.4 Å². The normalized spacial score (nSPS) is 20.1. The Kier molecular flexibility index (Phi) is 5.38. The molecule has 3 rings (SSSR count). The monoisotopic (exact) mass is 340 g/mol. The second kappa shape index (κ2) is 7.88. The Morgan fingerprint density at radius 1 is 1.32 bits per heavy atom. The van der Waals surface area contributed by atoms with E-state index in [1.165, 1.54) is 0 Å². The fraction of sp³-hybridized carbons (Fsp3) is 0.368. The molecule has 0 aliphatic carbocycles. The van der Waals surface area contributed by atoms with Gasteiger partial charge in [0.05, 0.1) is 17.6 Å². The number of hydrogen-bond acceptors (Lipinski definition) is 5. The average Bonchev–Trinajstić information content (AvgIpc) is 2.61. The first-order chi connectivity index (χ1) is 12.1. The predicted octanol–water partition coefficient (Wildman–Crippen LogP) is 2.81. The molecule has 1 aromatic carbocycles. The van der Waals surface area contributed by atoms with Crippen molar-refractivity contribution in [3.63, 3.8) is 0 Å². The van der Waals surface area contributed by atoms with Crippen LogP contribution in [0, 0.1) is 5.92 Å². The first kappa shape index (κ1) is 17.1. The van der Waals surface area contributed by atoms with E-state index in [9.17, 15) is 4.79 Å². The Bertz CT molecular complexity index is 708. The number of alkyl carbamates (subject to hydrolysis) is 1. The van der Waals surface area contributed by atoms with E-state index in [2.05, 4.69) is 22.1 Å². The van der Waals surface area contributed by atoms with Gasteiger partial charge in [-0.25, -0.2) is 4.79 Å². The Hall–Kier alpha value is -2.76. The van der Waals surface area contributed by atoms with Gasteiger partial charge < -0.3 is 20.7 Å². The lowest BCUT2D eigenvalue weighted by Crippen LogP contribution is -2.50. The van der Waals surface area contributed by atoms with Gasteiger partial charge in [0.15, 0.2) is 0 Å². The maximum absolute atomic E-state index is 12.1. The molecule has 1 aliphatic rings. The number of carbonyl (C=O) groups is 1. The lowest BCUT2D eigenvalue weighted by Gasteiger charge is -2.38. The van der Waals surface area contributed by atoms with Gasteiger partial charge in [0.25, 0.3) is 0 Å². The van der Waals surface area contributed by atoms with Crippen molar-refractivity contribution < 1.29 is 9.53 Å².